The Morgan fingerprint density at radius 2 is 1.84 bits per heavy atom. The van der Waals surface area contributed by atoms with E-state index in [9.17, 15) is 8.78 Å². The molecule has 2 unspecified atom stereocenters. The summed E-state index contributed by atoms with van der Waals surface area (Å²) in [5.41, 5.74) is 3.03. The maximum Gasteiger partial charge on any atom is 0.162 e. The average Bonchev–Trinajstić information content (AvgIpc) is 2.73. The highest BCUT2D eigenvalue weighted by Gasteiger charge is 2.30. The van der Waals surface area contributed by atoms with Gasteiger partial charge in [-0.1, -0.05) is 52.3 Å². The van der Waals surface area contributed by atoms with Crippen molar-refractivity contribution in [3.8, 4) is 0 Å². The first-order valence-electron chi connectivity index (χ1n) is 6.31. The highest BCUT2D eigenvalue weighted by molar-refractivity contribution is 9.09. The van der Waals surface area contributed by atoms with Crippen LogP contribution in [0.1, 0.15) is 21.5 Å². The first-order valence-corrected chi connectivity index (χ1v) is 7.23. The molecule has 0 heterocycles. The van der Waals surface area contributed by atoms with Crippen LogP contribution in [0.4, 0.5) is 8.78 Å². The minimum absolute atomic E-state index is 0.214. The predicted octanol–water partition coefficient (Wildman–Crippen LogP) is 4.82. The van der Waals surface area contributed by atoms with Gasteiger partial charge in [0.1, 0.15) is 0 Å². The number of rotatable bonds is 2. The van der Waals surface area contributed by atoms with Gasteiger partial charge in [0.25, 0.3) is 0 Å². The molecular weight excluding hydrogens is 310 g/mol. The van der Waals surface area contributed by atoms with Crippen molar-refractivity contribution in [2.24, 2.45) is 5.92 Å². The Bertz CT molecular complexity index is 609. The van der Waals surface area contributed by atoms with E-state index in [2.05, 4.69) is 28.1 Å². The molecule has 2 aromatic rings. The lowest BCUT2D eigenvalue weighted by molar-refractivity contribution is 0.478. The molecule has 0 nitrogen and oxygen atoms in total. The number of halogens is 3. The summed E-state index contributed by atoms with van der Waals surface area (Å²) in [4.78, 5) is 0.214. The van der Waals surface area contributed by atoms with Crippen LogP contribution in [0.3, 0.4) is 0 Å². The van der Waals surface area contributed by atoms with E-state index >= 15 is 0 Å². The fourth-order valence-electron chi connectivity index (χ4n) is 2.79. The summed E-state index contributed by atoms with van der Waals surface area (Å²) in [6.07, 6.45) is 1.45. The molecule has 0 amide bonds. The fourth-order valence-corrected chi connectivity index (χ4v) is 3.61. The fraction of sp³-hybridized carbons (Fsp3) is 0.250. The predicted molar refractivity (Wildman–Crippen MR) is 75.4 cm³/mol. The van der Waals surface area contributed by atoms with Crippen LogP contribution in [0.25, 0.3) is 0 Å². The summed E-state index contributed by atoms with van der Waals surface area (Å²) in [7, 11) is 0. The van der Waals surface area contributed by atoms with E-state index in [1.54, 1.807) is 12.1 Å². The van der Waals surface area contributed by atoms with Gasteiger partial charge >= 0.3 is 0 Å². The molecule has 98 valence electrons. The molecule has 1 aliphatic rings. The minimum Gasteiger partial charge on any atom is -0.204 e. The molecule has 2 atom stereocenters. The second-order valence-corrected chi connectivity index (χ2v) is 5.97. The molecule has 0 saturated heterocycles. The van der Waals surface area contributed by atoms with Crippen LogP contribution >= 0.6 is 15.9 Å². The zero-order chi connectivity index (χ0) is 13.4. The second-order valence-electron chi connectivity index (χ2n) is 4.98. The molecule has 0 aromatic heterocycles. The standard InChI is InChI=1S/C16H13BrF2/c17-15-12(8-10-4-1-2-6-13(10)15)9-11-5-3-7-14(18)16(11)19/h1-7,12,15H,8-9H2. The Morgan fingerprint density at radius 1 is 1.05 bits per heavy atom. The molecule has 19 heavy (non-hydrogen) atoms. The van der Waals surface area contributed by atoms with Crippen molar-refractivity contribution in [2.45, 2.75) is 17.7 Å². The van der Waals surface area contributed by atoms with Gasteiger partial charge in [-0.15, -0.1) is 0 Å². The number of alkyl halides is 1. The molecular formula is C16H13BrF2. The van der Waals surface area contributed by atoms with Gasteiger partial charge in [0.2, 0.25) is 0 Å². The van der Waals surface area contributed by atoms with Gasteiger partial charge < -0.3 is 0 Å². The van der Waals surface area contributed by atoms with E-state index in [0.29, 0.717) is 12.0 Å². The Hall–Kier alpha value is -1.22. The van der Waals surface area contributed by atoms with E-state index in [1.807, 2.05) is 12.1 Å². The van der Waals surface area contributed by atoms with Crippen molar-refractivity contribution >= 4 is 15.9 Å². The molecule has 1 aliphatic carbocycles. The normalized spacial score (nSPS) is 21.4. The summed E-state index contributed by atoms with van der Waals surface area (Å²) in [5, 5.41) is 0. The van der Waals surface area contributed by atoms with Crippen molar-refractivity contribution in [1.82, 2.24) is 0 Å². The Kier molecular flexibility index (Phi) is 3.40. The van der Waals surface area contributed by atoms with Crippen LogP contribution in [0, 0.1) is 17.6 Å². The molecule has 0 fully saturated rings. The Labute approximate surface area is 119 Å². The summed E-state index contributed by atoms with van der Waals surface area (Å²) < 4.78 is 26.9. The zero-order valence-electron chi connectivity index (χ0n) is 10.2. The average molecular weight is 323 g/mol. The summed E-state index contributed by atoms with van der Waals surface area (Å²) in [5.74, 6) is -1.20. The third kappa shape index (κ3) is 2.32. The van der Waals surface area contributed by atoms with Gasteiger partial charge in [-0.2, -0.15) is 0 Å². The summed E-state index contributed by atoms with van der Waals surface area (Å²) >= 11 is 3.69. The Morgan fingerprint density at radius 3 is 2.63 bits per heavy atom. The van der Waals surface area contributed by atoms with Gasteiger partial charge in [-0.25, -0.2) is 8.78 Å². The highest BCUT2D eigenvalue weighted by atomic mass is 79.9. The van der Waals surface area contributed by atoms with Gasteiger partial charge in [0, 0.05) is 4.83 Å². The maximum absolute atomic E-state index is 13.7. The van der Waals surface area contributed by atoms with Gasteiger partial charge in [0.15, 0.2) is 11.6 Å². The van der Waals surface area contributed by atoms with E-state index in [-0.39, 0.29) is 10.7 Å². The first-order chi connectivity index (χ1) is 9.16. The number of hydrogen-bond donors (Lipinski definition) is 0. The van der Waals surface area contributed by atoms with Crippen LogP contribution < -0.4 is 0 Å². The van der Waals surface area contributed by atoms with Gasteiger partial charge in [-0.3, -0.25) is 0 Å². The molecule has 0 spiro atoms. The lowest BCUT2D eigenvalue weighted by Crippen LogP contribution is -2.08. The van der Waals surface area contributed by atoms with Crippen LogP contribution in [0.15, 0.2) is 42.5 Å². The topological polar surface area (TPSA) is 0 Å². The smallest absolute Gasteiger partial charge is 0.162 e. The van der Waals surface area contributed by atoms with Crippen molar-refractivity contribution < 1.29 is 8.78 Å². The molecule has 0 N–H and O–H groups in total. The van der Waals surface area contributed by atoms with E-state index in [4.69, 9.17) is 0 Å². The van der Waals surface area contributed by atoms with E-state index < -0.39 is 11.6 Å². The number of benzene rings is 2. The lowest BCUT2D eigenvalue weighted by Gasteiger charge is -2.15. The highest BCUT2D eigenvalue weighted by Crippen LogP contribution is 2.43. The van der Waals surface area contributed by atoms with Gasteiger partial charge in [0.05, 0.1) is 0 Å². The number of fused-ring (bicyclic) bond motifs is 1. The monoisotopic (exact) mass is 322 g/mol. The zero-order valence-corrected chi connectivity index (χ0v) is 11.8. The molecule has 3 rings (SSSR count). The molecule has 3 heteroatoms. The largest absolute Gasteiger partial charge is 0.204 e. The molecule has 0 aliphatic heterocycles. The third-order valence-corrected chi connectivity index (χ3v) is 5.00. The Balaban J connectivity index is 1.85. The summed E-state index contributed by atoms with van der Waals surface area (Å²) in [6.45, 7) is 0. The van der Waals surface area contributed by atoms with Crippen molar-refractivity contribution in [3.63, 3.8) is 0 Å². The lowest BCUT2D eigenvalue weighted by atomic mass is 9.96. The quantitative estimate of drug-likeness (QED) is 0.696. The van der Waals surface area contributed by atoms with Crippen molar-refractivity contribution in [1.29, 1.82) is 0 Å². The summed E-state index contributed by atoms with van der Waals surface area (Å²) in [6, 6.07) is 12.6. The van der Waals surface area contributed by atoms with Crippen LogP contribution in [-0.2, 0) is 12.8 Å². The van der Waals surface area contributed by atoms with Crippen LogP contribution in [-0.4, -0.2) is 0 Å². The minimum atomic E-state index is -0.765. The molecule has 2 aromatic carbocycles. The van der Waals surface area contributed by atoms with E-state index in [0.717, 1.165) is 12.5 Å². The van der Waals surface area contributed by atoms with Crippen molar-refractivity contribution in [2.75, 3.05) is 0 Å². The van der Waals surface area contributed by atoms with Crippen LogP contribution in [0.5, 0.6) is 0 Å². The van der Waals surface area contributed by atoms with Crippen molar-refractivity contribution in [3.05, 3.63) is 70.8 Å². The van der Waals surface area contributed by atoms with Gasteiger partial charge in [-0.05, 0) is 41.5 Å². The SMILES string of the molecule is Fc1cccc(CC2Cc3ccccc3C2Br)c1F. The second kappa shape index (κ2) is 5.04. The molecule has 0 saturated carbocycles. The maximum atomic E-state index is 13.7. The van der Waals surface area contributed by atoms with Crippen LogP contribution in [0.2, 0.25) is 0 Å². The molecule has 0 bridgehead atoms. The third-order valence-electron chi connectivity index (χ3n) is 3.76. The van der Waals surface area contributed by atoms with E-state index in [1.165, 1.54) is 11.1 Å². The first kappa shape index (κ1) is 12.8. The number of hydrogen-bond acceptors (Lipinski definition) is 0. The molecule has 0 radical (unpaired) electrons.